The molecule has 0 aromatic carbocycles. The molecule has 0 amide bonds. The van der Waals surface area contributed by atoms with Gasteiger partial charge in [-0.1, -0.05) is 0 Å². The molecule has 0 aliphatic carbocycles. The van der Waals surface area contributed by atoms with Gasteiger partial charge >= 0.3 is 0 Å². The van der Waals surface area contributed by atoms with Gasteiger partial charge in [0.1, 0.15) is 0 Å². The SMILES string of the molecule is CC(C)=NN(C)C.II. The number of halogens is 2. The van der Waals surface area contributed by atoms with E-state index < -0.39 is 0 Å². The highest BCUT2D eigenvalue weighted by Crippen LogP contribution is 1.89. The summed E-state index contributed by atoms with van der Waals surface area (Å²) in [7, 11) is 3.82. The van der Waals surface area contributed by atoms with Crippen molar-refractivity contribution in [3.05, 3.63) is 0 Å². The number of nitrogens with zero attached hydrogens (tertiary/aromatic N) is 2. The van der Waals surface area contributed by atoms with E-state index in [0.29, 0.717) is 0 Å². The van der Waals surface area contributed by atoms with Crippen molar-refractivity contribution in [1.82, 2.24) is 5.01 Å². The molecule has 2 nitrogen and oxygen atoms in total. The van der Waals surface area contributed by atoms with Crippen molar-refractivity contribution in [1.29, 1.82) is 0 Å². The van der Waals surface area contributed by atoms with Crippen LogP contribution >= 0.6 is 37.2 Å². The lowest BCUT2D eigenvalue weighted by atomic mass is 10.5. The average Bonchev–Trinajstić information content (AvgIpc) is 1.68. The minimum absolute atomic E-state index is 1.09. The van der Waals surface area contributed by atoms with Crippen LogP contribution in [0.2, 0.25) is 0 Å². The van der Waals surface area contributed by atoms with E-state index in [0.717, 1.165) is 5.71 Å². The first kappa shape index (κ1) is 12.6. The first-order valence-corrected chi connectivity index (χ1v) is 8.75. The first-order chi connectivity index (χ1) is 4.13. The minimum Gasteiger partial charge on any atom is -0.303 e. The van der Waals surface area contributed by atoms with Crippen LogP contribution in [0.4, 0.5) is 0 Å². The Hall–Kier alpha value is 0.930. The Balaban J connectivity index is 0. The lowest BCUT2D eigenvalue weighted by Gasteiger charge is -2.02. The highest BCUT2D eigenvalue weighted by Gasteiger charge is 1.76. The van der Waals surface area contributed by atoms with Crippen molar-refractivity contribution < 1.29 is 0 Å². The van der Waals surface area contributed by atoms with Crippen LogP contribution in [-0.4, -0.2) is 24.8 Å². The van der Waals surface area contributed by atoms with Gasteiger partial charge in [-0.3, -0.25) is 0 Å². The van der Waals surface area contributed by atoms with E-state index in [2.05, 4.69) is 42.3 Å². The van der Waals surface area contributed by atoms with Crippen molar-refractivity contribution in [3.63, 3.8) is 0 Å². The number of hydrazone groups is 1. The van der Waals surface area contributed by atoms with Gasteiger partial charge in [0, 0.05) is 57.0 Å². The molecule has 0 N–H and O–H groups in total. The van der Waals surface area contributed by atoms with Gasteiger partial charge in [0.2, 0.25) is 0 Å². The highest BCUT2D eigenvalue weighted by atomic mass is 128. The second-order valence-electron chi connectivity index (χ2n) is 1.89. The van der Waals surface area contributed by atoms with Crippen LogP contribution in [0, 0.1) is 0 Å². The number of hydrogen-bond acceptors (Lipinski definition) is 2. The quantitative estimate of drug-likeness (QED) is 0.402. The highest BCUT2D eigenvalue weighted by molar-refractivity contribution is 15.0. The standard InChI is InChI=1S/C5H12N2.I2/c1-5(2)6-7(3)4;1-2/h1-4H3;. The Morgan fingerprint density at radius 2 is 1.56 bits per heavy atom. The molecular formula is C5H12I2N2. The predicted molar refractivity (Wildman–Crippen MR) is 60.5 cm³/mol. The predicted octanol–water partition coefficient (Wildman–Crippen LogP) is 2.72. The molecule has 0 heterocycles. The minimum atomic E-state index is 1.09. The Kier molecular flexibility index (Phi) is 12.5. The summed E-state index contributed by atoms with van der Waals surface area (Å²) in [6.07, 6.45) is 0. The molecule has 0 unspecified atom stereocenters. The normalized spacial score (nSPS) is 6.89. The van der Waals surface area contributed by atoms with Gasteiger partial charge in [0.15, 0.2) is 0 Å². The molecule has 56 valence electrons. The van der Waals surface area contributed by atoms with Gasteiger partial charge in [-0.05, 0) is 13.8 Å². The van der Waals surface area contributed by atoms with E-state index in [4.69, 9.17) is 0 Å². The molecule has 0 aliphatic heterocycles. The summed E-state index contributed by atoms with van der Waals surface area (Å²) in [4.78, 5) is 0. The zero-order chi connectivity index (χ0) is 7.86. The molecule has 0 spiro atoms. The average molecular weight is 354 g/mol. The van der Waals surface area contributed by atoms with E-state index >= 15 is 0 Å². The molecule has 0 saturated heterocycles. The van der Waals surface area contributed by atoms with Gasteiger partial charge in [0.05, 0.1) is 0 Å². The molecular weight excluding hydrogens is 342 g/mol. The number of rotatable bonds is 1. The largest absolute Gasteiger partial charge is 0.303 e. The second kappa shape index (κ2) is 8.93. The molecule has 0 saturated carbocycles. The van der Waals surface area contributed by atoms with Crippen LogP contribution in [-0.2, 0) is 0 Å². The van der Waals surface area contributed by atoms with E-state index in [-0.39, 0.29) is 0 Å². The maximum atomic E-state index is 4.03. The summed E-state index contributed by atoms with van der Waals surface area (Å²) in [5, 5.41) is 5.81. The number of hydrogen-bond donors (Lipinski definition) is 0. The third-order valence-electron chi connectivity index (χ3n) is 0.400. The fourth-order valence-electron chi connectivity index (χ4n) is 0.400. The zero-order valence-corrected chi connectivity index (χ0v) is 10.5. The molecule has 0 aliphatic rings. The summed E-state index contributed by atoms with van der Waals surface area (Å²) in [6, 6.07) is 0. The topological polar surface area (TPSA) is 15.6 Å². The van der Waals surface area contributed by atoms with Gasteiger partial charge in [-0.25, -0.2) is 0 Å². The molecule has 0 atom stereocenters. The molecule has 0 aromatic heterocycles. The van der Waals surface area contributed by atoms with E-state index in [9.17, 15) is 0 Å². The van der Waals surface area contributed by atoms with Crippen molar-refractivity contribution in [2.75, 3.05) is 14.1 Å². The van der Waals surface area contributed by atoms with Crippen LogP contribution in [0.25, 0.3) is 0 Å². The fourth-order valence-corrected chi connectivity index (χ4v) is 0.400. The lowest BCUT2D eigenvalue weighted by molar-refractivity contribution is 0.437. The van der Waals surface area contributed by atoms with E-state index in [1.807, 2.05) is 27.9 Å². The first-order valence-electron chi connectivity index (χ1n) is 2.46. The van der Waals surface area contributed by atoms with E-state index in [1.54, 1.807) is 5.01 Å². The van der Waals surface area contributed by atoms with Crippen LogP contribution in [0.1, 0.15) is 13.8 Å². The van der Waals surface area contributed by atoms with Crippen molar-refractivity contribution >= 4 is 42.9 Å². The maximum absolute atomic E-state index is 4.03. The summed E-state index contributed by atoms with van der Waals surface area (Å²) in [5.74, 6) is 0. The van der Waals surface area contributed by atoms with Crippen LogP contribution < -0.4 is 0 Å². The van der Waals surface area contributed by atoms with Gasteiger partial charge in [-0.15, -0.1) is 0 Å². The van der Waals surface area contributed by atoms with E-state index in [1.165, 1.54) is 0 Å². The van der Waals surface area contributed by atoms with Crippen LogP contribution in [0.15, 0.2) is 5.10 Å². The van der Waals surface area contributed by atoms with Crippen molar-refractivity contribution in [2.45, 2.75) is 13.8 Å². The monoisotopic (exact) mass is 354 g/mol. The van der Waals surface area contributed by atoms with Gasteiger partial charge in [-0.2, -0.15) is 5.10 Å². The Morgan fingerprint density at radius 3 is 1.56 bits per heavy atom. The molecule has 9 heavy (non-hydrogen) atoms. The molecule has 0 fully saturated rings. The zero-order valence-electron chi connectivity index (χ0n) is 6.15. The van der Waals surface area contributed by atoms with Crippen molar-refractivity contribution in [3.8, 4) is 0 Å². The molecule has 4 heteroatoms. The molecule has 0 radical (unpaired) electrons. The molecule has 0 rings (SSSR count). The Morgan fingerprint density at radius 1 is 1.22 bits per heavy atom. The Bertz CT molecular complexity index is 77.0. The summed E-state index contributed by atoms with van der Waals surface area (Å²) in [6.45, 7) is 3.94. The summed E-state index contributed by atoms with van der Waals surface area (Å²) in [5.41, 5.74) is 1.09. The smallest absolute Gasteiger partial charge is 0.0318 e. The molecule has 0 aromatic rings. The van der Waals surface area contributed by atoms with Crippen molar-refractivity contribution in [2.24, 2.45) is 5.10 Å². The summed E-state index contributed by atoms with van der Waals surface area (Å²) >= 11 is 4.24. The molecule has 0 bridgehead atoms. The van der Waals surface area contributed by atoms with Crippen LogP contribution in [0.3, 0.4) is 0 Å². The van der Waals surface area contributed by atoms with Gasteiger partial charge < -0.3 is 5.01 Å². The van der Waals surface area contributed by atoms with Crippen LogP contribution in [0.5, 0.6) is 0 Å². The summed E-state index contributed by atoms with van der Waals surface area (Å²) < 4.78 is 0. The third kappa shape index (κ3) is 17.6. The maximum Gasteiger partial charge on any atom is 0.0318 e. The fraction of sp³-hybridized carbons (Fsp3) is 0.800. The lowest BCUT2D eigenvalue weighted by Crippen LogP contribution is -2.03. The van der Waals surface area contributed by atoms with Gasteiger partial charge in [0.25, 0.3) is 0 Å². The third-order valence-corrected chi connectivity index (χ3v) is 0.400. The second-order valence-corrected chi connectivity index (χ2v) is 1.89. The Labute approximate surface area is 80.4 Å².